The summed E-state index contributed by atoms with van der Waals surface area (Å²) in [4.78, 5) is 4.84. The van der Waals surface area contributed by atoms with Gasteiger partial charge in [0.15, 0.2) is 0 Å². The van der Waals surface area contributed by atoms with E-state index in [1.54, 1.807) is 0 Å². The zero-order valence-corrected chi connectivity index (χ0v) is 14.7. The van der Waals surface area contributed by atoms with Gasteiger partial charge in [-0.1, -0.05) is 15.9 Å². The molecule has 0 aromatic heterocycles. The molecule has 5 heteroatoms. The van der Waals surface area contributed by atoms with Crippen molar-refractivity contribution in [1.82, 2.24) is 9.80 Å². The molecular weight excluding hydrogens is 330 g/mol. The third-order valence-electron chi connectivity index (χ3n) is 3.98. The molecule has 2 N–H and O–H groups in total. The van der Waals surface area contributed by atoms with Crippen molar-refractivity contribution >= 4 is 15.9 Å². The second kappa shape index (κ2) is 8.13. The van der Waals surface area contributed by atoms with Gasteiger partial charge in [-0.2, -0.15) is 0 Å². The van der Waals surface area contributed by atoms with E-state index in [0.717, 1.165) is 56.0 Å². The summed E-state index contributed by atoms with van der Waals surface area (Å²) in [6, 6.07) is 4.22. The molecule has 1 aromatic carbocycles. The topological polar surface area (TPSA) is 41.7 Å². The molecule has 0 bridgehead atoms. The maximum absolute atomic E-state index is 6.07. The zero-order valence-electron chi connectivity index (χ0n) is 13.1. The molecule has 0 saturated carbocycles. The van der Waals surface area contributed by atoms with Gasteiger partial charge in [0.25, 0.3) is 0 Å². The van der Waals surface area contributed by atoms with Crippen molar-refractivity contribution < 1.29 is 4.74 Å². The summed E-state index contributed by atoms with van der Waals surface area (Å²) in [7, 11) is 2.18. The van der Waals surface area contributed by atoms with Gasteiger partial charge in [0.05, 0.1) is 0 Å². The lowest BCUT2D eigenvalue weighted by Gasteiger charge is -2.32. The molecule has 1 aromatic rings. The molecule has 0 aliphatic carbocycles. The fourth-order valence-corrected chi connectivity index (χ4v) is 3.32. The van der Waals surface area contributed by atoms with Crippen LogP contribution in [0.15, 0.2) is 16.6 Å². The largest absolute Gasteiger partial charge is 0.492 e. The molecule has 0 amide bonds. The van der Waals surface area contributed by atoms with Crippen LogP contribution in [0, 0.1) is 6.92 Å². The number of aryl methyl sites for hydroxylation is 1. The number of hydrogen-bond acceptors (Lipinski definition) is 4. The third-order valence-corrected chi connectivity index (χ3v) is 4.44. The smallest absolute Gasteiger partial charge is 0.125 e. The average molecular weight is 356 g/mol. The van der Waals surface area contributed by atoms with Gasteiger partial charge in [0.1, 0.15) is 12.4 Å². The molecule has 1 aliphatic heterocycles. The molecule has 0 atom stereocenters. The zero-order chi connectivity index (χ0) is 15.2. The molecule has 4 nitrogen and oxygen atoms in total. The standard InChI is InChI=1S/C16H26BrN3O/c1-13-11-15(17)12-14(3-4-18)16(13)21-10-9-20-7-5-19(2)6-8-20/h11-12H,3-10,18H2,1-2H3. The fraction of sp³-hybridized carbons (Fsp3) is 0.625. The van der Waals surface area contributed by atoms with E-state index in [0.29, 0.717) is 6.54 Å². The summed E-state index contributed by atoms with van der Waals surface area (Å²) in [5, 5.41) is 0. The minimum Gasteiger partial charge on any atom is -0.492 e. The normalized spacial score (nSPS) is 17.1. The van der Waals surface area contributed by atoms with Gasteiger partial charge in [-0.25, -0.2) is 0 Å². The Morgan fingerprint density at radius 1 is 1.24 bits per heavy atom. The average Bonchev–Trinajstić information content (AvgIpc) is 2.44. The molecule has 21 heavy (non-hydrogen) atoms. The number of nitrogens with two attached hydrogens (primary N) is 1. The Bertz CT molecular complexity index is 459. The van der Waals surface area contributed by atoms with Gasteiger partial charge in [-0.3, -0.25) is 4.90 Å². The quantitative estimate of drug-likeness (QED) is 0.845. The second-order valence-corrected chi connectivity index (χ2v) is 6.66. The minimum atomic E-state index is 0.644. The van der Waals surface area contributed by atoms with Gasteiger partial charge < -0.3 is 15.4 Å². The van der Waals surface area contributed by atoms with Crippen LogP contribution in [0.4, 0.5) is 0 Å². The molecule has 1 saturated heterocycles. The van der Waals surface area contributed by atoms with Crippen LogP contribution < -0.4 is 10.5 Å². The summed E-state index contributed by atoms with van der Waals surface area (Å²) in [6.45, 7) is 9.03. The molecular formula is C16H26BrN3O. The Labute approximate surface area is 136 Å². The van der Waals surface area contributed by atoms with E-state index >= 15 is 0 Å². The Morgan fingerprint density at radius 3 is 2.62 bits per heavy atom. The first-order valence-electron chi connectivity index (χ1n) is 7.63. The van der Waals surface area contributed by atoms with Crippen LogP contribution in [0.2, 0.25) is 0 Å². The lowest BCUT2D eigenvalue weighted by molar-refractivity contribution is 0.133. The molecule has 1 aliphatic rings. The summed E-state index contributed by atoms with van der Waals surface area (Å²) < 4.78 is 7.17. The maximum Gasteiger partial charge on any atom is 0.125 e. The van der Waals surface area contributed by atoms with E-state index in [1.807, 2.05) is 0 Å². The van der Waals surface area contributed by atoms with Gasteiger partial charge >= 0.3 is 0 Å². The van der Waals surface area contributed by atoms with Crippen molar-refractivity contribution in [2.45, 2.75) is 13.3 Å². The number of ether oxygens (including phenoxy) is 1. The van der Waals surface area contributed by atoms with Crippen molar-refractivity contribution in [3.8, 4) is 5.75 Å². The summed E-state index contributed by atoms with van der Waals surface area (Å²) >= 11 is 3.54. The Morgan fingerprint density at radius 2 is 1.95 bits per heavy atom. The first-order valence-corrected chi connectivity index (χ1v) is 8.42. The van der Waals surface area contributed by atoms with Crippen molar-refractivity contribution in [3.63, 3.8) is 0 Å². The monoisotopic (exact) mass is 355 g/mol. The van der Waals surface area contributed by atoms with Crippen LogP contribution in [0.25, 0.3) is 0 Å². The third kappa shape index (κ3) is 4.95. The van der Waals surface area contributed by atoms with E-state index in [2.05, 4.69) is 51.8 Å². The lowest BCUT2D eigenvalue weighted by Crippen LogP contribution is -2.45. The van der Waals surface area contributed by atoms with Crippen molar-refractivity contribution in [2.75, 3.05) is 52.9 Å². The Hall–Kier alpha value is -0.620. The second-order valence-electron chi connectivity index (χ2n) is 5.74. The van der Waals surface area contributed by atoms with Crippen molar-refractivity contribution in [3.05, 3.63) is 27.7 Å². The highest BCUT2D eigenvalue weighted by atomic mass is 79.9. The molecule has 118 valence electrons. The van der Waals surface area contributed by atoms with Crippen molar-refractivity contribution in [1.29, 1.82) is 0 Å². The molecule has 0 spiro atoms. The predicted molar refractivity (Wildman–Crippen MR) is 91.1 cm³/mol. The van der Waals surface area contributed by atoms with Gasteiger partial charge in [-0.05, 0) is 50.2 Å². The van der Waals surface area contributed by atoms with E-state index in [9.17, 15) is 0 Å². The highest BCUT2D eigenvalue weighted by Crippen LogP contribution is 2.28. The number of likely N-dealkylation sites (N-methyl/N-ethyl adjacent to an activating group) is 1. The first kappa shape index (κ1) is 16.7. The molecule has 0 radical (unpaired) electrons. The Kier molecular flexibility index (Phi) is 6.48. The van der Waals surface area contributed by atoms with Crippen LogP contribution in [0.5, 0.6) is 5.75 Å². The summed E-state index contributed by atoms with van der Waals surface area (Å²) in [5.41, 5.74) is 8.07. The number of nitrogens with zero attached hydrogens (tertiary/aromatic N) is 2. The fourth-order valence-electron chi connectivity index (χ4n) is 2.70. The highest BCUT2D eigenvalue weighted by Gasteiger charge is 2.14. The number of halogens is 1. The van der Waals surface area contributed by atoms with Gasteiger partial charge in [0.2, 0.25) is 0 Å². The van der Waals surface area contributed by atoms with Crippen LogP contribution in [0.1, 0.15) is 11.1 Å². The molecule has 1 heterocycles. The first-order chi connectivity index (χ1) is 10.1. The number of rotatable bonds is 6. The number of hydrogen-bond donors (Lipinski definition) is 1. The molecule has 0 unspecified atom stereocenters. The van der Waals surface area contributed by atoms with E-state index in [1.165, 1.54) is 11.1 Å². The van der Waals surface area contributed by atoms with Gasteiger partial charge in [-0.15, -0.1) is 0 Å². The summed E-state index contributed by atoms with van der Waals surface area (Å²) in [5.74, 6) is 1.01. The maximum atomic E-state index is 6.07. The van der Waals surface area contributed by atoms with E-state index in [-0.39, 0.29) is 0 Å². The van der Waals surface area contributed by atoms with E-state index < -0.39 is 0 Å². The number of piperazine rings is 1. The molecule has 2 rings (SSSR count). The van der Waals surface area contributed by atoms with Crippen molar-refractivity contribution in [2.24, 2.45) is 5.73 Å². The minimum absolute atomic E-state index is 0.644. The summed E-state index contributed by atoms with van der Waals surface area (Å²) in [6.07, 6.45) is 0.851. The SMILES string of the molecule is Cc1cc(Br)cc(CCN)c1OCCN1CCN(C)CC1. The number of benzene rings is 1. The van der Waals surface area contributed by atoms with Crippen LogP contribution >= 0.6 is 15.9 Å². The Balaban J connectivity index is 1.90. The van der Waals surface area contributed by atoms with Crippen LogP contribution in [0.3, 0.4) is 0 Å². The van der Waals surface area contributed by atoms with Gasteiger partial charge in [0, 0.05) is 37.2 Å². The predicted octanol–water partition coefficient (Wildman–Crippen LogP) is 1.88. The highest BCUT2D eigenvalue weighted by molar-refractivity contribution is 9.10. The molecule has 1 fully saturated rings. The van der Waals surface area contributed by atoms with E-state index in [4.69, 9.17) is 10.5 Å². The van der Waals surface area contributed by atoms with Crippen LogP contribution in [-0.2, 0) is 6.42 Å². The van der Waals surface area contributed by atoms with Crippen LogP contribution in [-0.4, -0.2) is 62.7 Å². The lowest BCUT2D eigenvalue weighted by atomic mass is 10.1.